The van der Waals surface area contributed by atoms with Crippen LogP contribution >= 0.6 is 0 Å². The first-order chi connectivity index (χ1) is 55.7. The van der Waals surface area contributed by atoms with Crippen LogP contribution in [0.5, 0.6) is 0 Å². The predicted octanol–water partition coefficient (Wildman–Crippen LogP) is 25.9. The van der Waals surface area contributed by atoms with E-state index in [2.05, 4.69) is 370 Å². The number of hydrogen-bond donors (Lipinski definition) is 0. The number of para-hydroxylation sites is 2. The van der Waals surface area contributed by atoms with E-state index in [4.69, 9.17) is 8.83 Å². The Morgan fingerprint density at radius 1 is 0.301 bits per heavy atom. The Hall–Kier alpha value is -12.4. The summed E-state index contributed by atoms with van der Waals surface area (Å²) in [6, 6.07) is 128. The minimum atomic E-state index is -0.453. The maximum Gasteiger partial charge on any atom is 0.252 e. The van der Waals surface area contributed by atoms with Gasteiger partial charge in [-0.2, -0.15) is 0 Å². The van der Waals surface area contributed by atoms with Crippen LogP contribution in [0, 0.1) is 0 Å². The van der Waals surface area contributed by atoms with Gasteiger partial charge in [0.2, 0.25) is 0 Å². The van der Waals surface area contributed by atoms with E-state index >= 15 is 0 Å². The second-order valence-corrected chi connectivity index (χ2v) is 33.1. The Morgan fingerprint density at radius 2 is 0.655 bits per heavy atom. The lowest BCUT2D eigenvalue weighted by atomic mass is 9.33. The third-order valence-electron chi connectivity index (χ3n) is 25.9. The lowest BCUT2D eigenvalue weighted by Gasteiger charge is -2.45. The van der Waals surface area contributed by atoms with Crippen molar-refractivity contribution in [3.05, 3.63) is 401 Å². The molecule has 17 aromatic rings. The molecule has 0 N–H and O–H groups in total. The van der Waals surface area contributed by atoms with Gasteiger partial charge < -0.3 is 18.6 Å². The zero-order chi connectivity index (χ0) is 75.4. The molecule has 2 aliphatic heterocycles. The van der Waals surface area contributed by atoms with E-state index in [9.17, 15) is 0 Å². The Morgan fingerprint density at radius 3 is 1.07 bits per heavy atom. The van der Waals surface area contributed by atoms with Crippen LogP contribution in [0.25, 0.3) is 88.4 Å². The monoisotopic (exact) mass is 1460 g/mol. The van der Waals surface area contributed by atoms with Crippen molar-refractivity contribution >= 4 is 89.7 Å². The molecule has 113 heavy (non-hydrogen) atoms. The van der Waals surface area contributed by atoms with Crippen LogP contribution in [0.2, 0.25) is 0 Å². The predicted molar refractivity (Wildman–Crippen MR) is 474 cm³/mol. The molecule has 0 amide bonds. The summed E-state index contributed by atoms with van der Waals surface area (Å²) in [5, 5.41) is 4.63. The molecule has 5 heteroatoms. The molecule has 0 saturated carbocycles. The quantitative estimate of drug-likeness (QED) is 0.0562. The van der Waals surface area contributed by atoms with E-state index in [1.54, 1.807) is 0 Å². The molecule has 0 fully saturated rings. The molecule has 0 saturated heterocycles. The van der Waals surface area contributed by atoms with Gasteiger partial charge in [0, 0.05) is 46.0 Å². The highest BCUT2D eigenvalue weighted by molar-refractivity contribution is 7.00. The van der Waals surface area contributed by atoms with Crippen molar-refractivity contribution in [3.63, 3.8) is 0 Å². The van der Waals surface area contributed by atoms with Gasteiger partial charge in [-0.3, -0.25) is 0 Å². The molecule has 0 radical (unpaired) electrons. The molecular weight excluding hydrogens is 1370 g/mol. The molecular formula is C108H89BN2O2. The van der Waals surface area contributed by atoms with Crippen LogP contribution in [0.4, 0.5) is 22.7 Å². The fourth-order valence-electron chi connectivity index (χ4n) is 20.7. The maximum absolute atomic E-state index is 7.23. The average molecular weight is 1460 g/mol. The number of furan rings is 2. The van der Waals surface area contributed by atoms with Crippen molar-refractivity contribution in [3.8, 4) is 44.5 Å². The fourth-order valence-corrected chi connectivity index (χ4v) is 20.7. The summed E-state index contributed by atoms with van der Waals surface area (Å²) in [4.78, 5) is 5.42. The van der Waals surface area contributed by atoms with Gasteiger partial charge in [0.05, 0.1) is 22.2 Å². The number of nitrogens with zero attached hydrogens (tertiary/aromatic N) is 2. The highest BCUT2D eigenvalue weighted by Gasteiger charge is 2.49. The summed E-state index contributed by atoms with van der Waals surface area (Å²) in [5.74, 6) is 0. The first-order valence-electron chi connectivity index (χ1n) is 41.2. The number of benzene rings is 15. The molecule has 546 valence electrons. The van der Waals surface area contributed by atoms with Crippen molar-refractivity contribution in [1.29, 1.82) is 0 Å². The number of rotatable bonds is 20. The van der Waals surface area contributed by atoms with Crippen LogP contribution < -0.4 is 26.2 Å². The van der Waals surface area contributed by atoms with E-state index in [0.717, 1.165) is 121 Å². The first-order valence-corrected chi connectivity index (χ1v) is 41.2. The van der Waals surface area contributed by atoms with Gasteiger partial charge >= 0.3 is 0 Å². The Labute approximate surface area is 663 Å². The zero-order valence-electron chi connectivity index (χ0n) is 64.6. The normalized spacial score (nSPS) is 14.0. The molecule has 0 unspecified atom stereocenters. The molecule has 0 atom stereocenters. The van der Waals surface area contributed by atoms with Gasteiger partial charge in [-0.15, -0.1) is 0 Å². The Balaban J connectivity index is 0.587. The number of anilines is 4. The second-order valence-electron chi connectivity index (χ2n) is 33.1. The average Bonchev–Trinajstić information content (AvgIpc) is 1.16. The number of aryl methyl sites for hydroxylation is 2. The van der Waals surface area contributed by atoms with Gasteiger partial charge in [0.15, 0.2) is 11.2 Å². The highest BCUT2D eigenvalue weighted by Crippen LogP contribution is 2.59. The number of unbranched alkanes of at least 4 members (excludes halogenated alkanes) is 6. The van der Waals surface area contributed by atoms with Crippen LogP contribution in [0.3, 0.4) is 0 Å². The molecule has 15 aromatic carbocycles. The summed E-state index contributed by atoms with van der Waals surface area (Å²) in [6.07, 6.45) is 10.7. The Kier molecular flexibility index (Phi) is 16.9. The Bertz CT molecular complexity index is 6060. The van der Waals surface area contributed by atoms with E-state index in [-0.39, 0.29) is 12.1 Å². The minimum Gasteiger partial charge on any atom is -0.454 e. The van der Waals surface area contributed by atoms with Gasteiger partial charge in [0.25, 0.3) is 6.71 Å². The first kappa shape index (κ1) is 68.6. The third-order valence-corrected chi connectivity index (χ3v) is 25.9. The van der Waals surface area contributed by atoms with Gasteiger partial charge in [-0.05, 0) is 202 Å². The summed E-state index contributed by atoms with van der Waals surface area (Å²) in [6.45, 7) is 8.83. The van der Waals surface area contributed by atoms with Crippen molar-refractivity contribution in [1.82, 2.24) is 0 Å². The molecule has 21 rings (SSSR count). The second kappa shape index (κ2) is 27.8. The molecule has 4 nitrogen and oxygen atoms in total. The van der Waals surface area contributed by atoms with E-state index in [0.29, 0.717) is 0 Å². The van der Waals surface area contributed by atoms with Crippen molar-refractivity contribution < 1.29 is 8.83 Å². The van der Waals surface area contributed by atoms with Gasteiger partial charge in [-0.25, -0.2) is 0 Å². The smallest absolute Gasteiger partial charge is 0.252 e. The highest BCUT2D eigenvalue weighted by atomic mass is 16.3. The molecule has 4 aliphatic rings. The molecule has 2 aliphatic carbocycles. The van der Waals surface area contributed by atoms with Crippen LogP contribution in [0.1, 0.15) is 133 Å². The standard InChI is InChI=1S/C108H89BN2O2/c1-106(2,3)80-70-97-101-98(71-80)111(67-35-7-5-13-37-73-39-23-25-49-82(73)75-59-61-86-84-51-27-31-55-92(84)108(94(86)69-75,78-44-18-10-19-45-78)79-46-20-11-21-47-79)103-96(65-63-90-88-53-29-33-57-100(88)113-105(90)103)109(101)95-64-62-89-87-52-28-32-56-99(87)112-104(89)102(95)110(97)66-34-6-4-12-36-72-38-22-24-48-81(72)74-58-60-85-83-50-26-30-54-91(83)107(93(85)68-74,76-40-14-8-15-41-76)77-42-16-9-17-43-77/h8-11,14-33,38-65,68-71H,4-7,12-13,34-37,66-67H2,1-3H3. The molecule has 2 aromatic heterocycles. The van der Waals surface area contributed by atoms with Crippen molar-refractivity contribution in [2.45, 2.75) is 101 Å². The van der Waals surface area contributed by atoms with Crippen LogP contribution in [-0.2, 0) is 29.1 Å². The van der Waals surface area contributed by atoms with E-state index in [1.807, 2.05) is 0 Å². The SMILES string of the molecule is CC(C)(C)c1cc2c3c(c1)N(CCCCCCc1ccccc1-c1ccc4c(c1)C(c1ccccc1)(c1ccccc1)c1ccccc1-4)c1c(ccc4c1oc1ccccc14)B3c1ccc3c(oc4ccccc43)c1N2CCCCCCc1ccccc1-c1ccc2c(c1)C(c1ccccc1)(c1ccccc1)c1ccccc1-2. The zero-order valence-corrected chi connectivity index (χ0v) is 64.6. The van der Waals surface area contributed by atoms with E-state index < -0.39 is 10.8 Å². The number of fused-ring (bicyclic) bond motifs is 18. The number of hydrogen-bond acceptors (Lipinski definition) is 4. The fraction of sp³-hybridized carbons (Fsp3) is 0.167. The summed E-state index contributed by atoms with van der Waals surface area (Å²) < 4.78 is 14.5. The van der Waals surface area contributed by atoms with Crippen LogP contribution in [-0.4, -0.2) is 19.8 Å². The van der Waals surface area contributed by atoms with Crippen LogP contribution in [0.15, 0.2) is 349 Å². The molecule has 0 bridgehead atoms. The minimum absolute atomic E-state index is 0.0648. The summed E-state index contributed by atoms with van der Waals surface area (Å²) >= 11 is 0. The lowest BCUT2D eigenvalue weighted by molar-refractivity contribution is 0.589. The van der Waals surface area contributed by atoms with E-state index in [1.165, 1.54) is 145 Å². The maximum atomic E-state index is 7.23. The summed E-state index contributed by atoms with van der Waals surface area (Å²) in [5.41, 5.74) is 36.8. The third kappa shape index (κ3) is 11.0. The van der Waals surface area contributed by atoms with Crippen molar-refractivity contribution in [2.24, 2.45) is 0 Å². The summed E-state index contributed by atoms with van der Waals surface area (Å²) in [7, 11) is 0. The van der Waals surface area contributed by atoms with Crippen molar-refractivity contribution in [2.75, 3.05) is 22.9 Å². The molecule has 4 heterocycles. The topological polar surface area (TPSA) is 32.8 Å². The molecule has 0 spiro atoms. The van der Waals surface area contributed by atoms with Gasteiger partial charge in [0.1, 0.15) is 11.2 Å². The lowest BCUT2D eigenvalue weighted by Crippen LogP contribution is -2.62. The van der Waals surface area contributed by atoms with Gasteiger partial charge in [-0.1, -0.05) is 350 Å². The largest absolute Gasteiger partial charge is 0.454 e.